The number of aryl methyl sites for hydroxylation is 2. The summed E-state index contributed by atoms with van der Waals surface area (Å²) < 4.78 is 8.09. The van der Waals surface area contributed by atoms with E-state index in [4.69, 9.17) is 9.84 Å². The zero-order valence-electron chi connectivity index (χ0n) is 28.4. The third kappa shape index (κ3) is 6.33. The van der Waals surface area contributed by atoms with E-state index in [1.807, 2.05) is 23.9 Å². The number of hydrogen-bond acceptors (Lipinski definition) is 7. The molecule has 2 fully saturated rings. The zero-order valence-corrected chi connectivity index (χ0v) is 28.4. The lowest BCUT2D eigenvalue weighted by Crippen LogP contribution is -2.47. The van der Waals surface area contributed by atoms with Crippen molar-refractivity contribution < 1.29 is 19.4 Å². The number of imide groups is 1. The first-order chi connectivity index (χ1) is 24.4. The number of piperazine rings is 1. The van der Waals surface area contributed by atoms with Gasteiger partial charge in [0.25, 0.3) is 0 Å². The molecule has 2 amide bonds. The van der Waals surface area contributed by atoms with Crippen LogP contribution < -0.4 is 15.0 Å². The van der Waals surface area contributed by atoms with Gasteiger partial charge in [0.2, 0.25) is 11.8 Å². The van der Waals surface area contributed by atoms with Gasteiger partial charge in [-0.15, -0.1) is 0 Å². The highest BCUT2D eigenvalue weighted by Crippen LogP contribution is 2.47. The van der Waals surface area contributed by atoms with Gasteiger partial charge in [0.15, 0.2) is 0 Å². The molecule has 3 heterocycles. The molecule has 5 aromatic rings. The van der Waals surface area contributed by atoms with Crippen LogP contribution in [0, 0.1) is 0 Å². The number of rotatable bonds is 8. The van der Waals surface area contributed by atoms with Gasteiger partial charge < -0.3 is 14.7 Å². The van der Waals surface area contributed by atoms with Gasteiger partial charge in [0.05, 0.1) is 17.1 Å². The Balaban J connectivity index is 0.872. The average molecular weight is 670 g/mol. The molecule has 9 heteroatoms. The Morgan fingerprint density at radius 1 is 0.860 bits per heavy atom. The number of anilines is 1. The van der Waals surface area contributed by atoms with Crippen LogP contribution in [0.5, 0.6) is 11.5 Å². The molecule has 2 aliphatic heterocycles. The number of ether oxygens (including phenoxy) is 1. The number of phenolic OH excluding ortho intramolecular Hbond substituents is 1. The molecule has 0 radical (unpaired) electrons. The van der Waals surface area contributed by atoms with Gasteiger partial charge in [0, 0.05) is 63.2 Å². The molecule has 3 aliphatic rings. The number of carbonyl (C=O) groups is 2. The number of aromatic hydroxyl groups is 1. The number of nitrogens with one attached hydrogen (secondary N) is 1. The maximum absolute atomic E-state index is 12.5. The molecule has 1 aliphatic carbocycles. The SMILES string of the molecule is Cn1nc(C2CCC(=O)NC2=O)c2ccc(N3CCN(CCOc4ccc([C@@H]5c6ccc(O)cc6CC[C@@H]5c5ccccc5)cc4)CC3)cc21. The van der Waals surface area contributed by atoms with Crippen LogP contribution in [0.2, 0.25) is 0 Å². The number of piperidine rings is 1. The Hall–Kier alpha value is -5.15. The summed E-state index contributed by atoms with van der Waals surface area (Å²) in [6, 6.07) is 31.6. The van der Waals surface area contributed by atoms with Crippen LogP contribution in [0.1, 0.15) is 65.0 Å². The first-order valence-electron chi connectivity index (χ1n) is 17.8. The highest BCUT2D eigenvalue weighted by atomic mass is 16.5. The predicted octanol–water partition coefficient (Wildman–Crippen LogP) is 5.86. The molecule has 0 spiro atoms. The molecule has 4 aromatic carbocycles. The van der Waals surface area contributed by atoms with E-state index >= 15 is 0 Å². The van der Waals surface area contributed by atoms with E-state index in [1.54, 1.807) is 0 Å². The fourth-order valence-electron chi connectivity index (χ4n) is 8.25. The molecule has 50 heavy (non-hydrogen) atoms. The van der Waals surface area contributed by atoms with Crippen molar-refractivity contribution in [2.45, 2.75) is 43.4 Å². The Labute approximate surface area is 292 Å². The quantitative estimate of drug-likeness (QED) is 0.200. The number of nitrogens with zero attached hydrogens (tertiary/aromatic N) is 4. The second kappa shape index (κ2) is 13.6. The number of carbonyl (C=O) groups excluding carboxylic acids is 2. The minimum atomic E-state index is -0.399. The number of amides is 2. The molecular weight excluding hydrogens is 626 g/mol. The molecule has 0 saturated carbocycles. The molecule has 2 N–H and O–H groups in total. The van der Waals surface area contributed by atoms with Crippen molar-refractivity contribution in [1.82, 2.24) is 20.0 Å². The number of phenols is 1. The van der Waals surface area contributed by atoms with Gasteiger partial charge in [-0.1, -0.05) is 48.5 Å². The van der Waals surface area contributed by atoms with Crippen LogP contribution in [-0.2, 0) is 23.1 Å². The summed E-state index contributed by atoms with van der Waals surface area (Å²) in [4.78, 5) is 29.0. The third-order valence-corrected chi connectivity index (χ3v) is 10.9. The second-order valence-corrected chi connectivity index (χ2v) is 13.9. The van der Waals surface area contributed by atoms with Gasteiger partial charge in [-0.05, 0) is 89.9 Å². The molecular formula is C41H43N5O4. The Morgan fingerprint density at radius 2 is 1.66 bits per heavy atom. The van der Waals surface area contributed by atoms with Gasteiger partial charge in [-0.2, -0.15) is 5.10 Å². The van der Waals surface area contributed by atoms with Gasteiger partial charge in [0.1, 0.15) is 18.1 Å². The van der Waals surface area contributed by atoms with Crippen molar-refractivity contribution in [2.24, 2.45) is 7.05 Å². The zero-order chi connectivity index (χ0) is 34.2. The Kier molecular flexibility index (Phi) is 8.75. The summed E-state index contributed by atoms with van der Waals surface area (Å²) in [5, 5.41) is 18.3. The molecule has 9 nitrogen and oxygen atoms in total. The summed E-state index contributed by atoms with van der Waals surface area (Å²) in [7, 11) is 1.91. The monoisotopic (exact) mass is 669 g/mol. The van der Waals surface area contributed by atoms with Crippen LogP contribution >= 0.6 is 0 Å². The van der Waals surface area contributed by atoms with Crippen LogP contribution in [0.15, 0.2) is 91.0 Å². The Morgan fingerprint density at radius 3 is 2.44 bits per heavy atom. The summed E-state index contributed by atoms with van der Waals surface area (Å²) in [6.07, 6.45) is 2.84. The van der Waals surface area contributed by atoms with Crippen molar-refractivity contribution in [1.29, 1.82) is 0 Å². The molecule has 2 saturated heterocycles. The molecule has 8 rings (SSSR count). The summed E-state index contributed by atoms with van der Waals surface area (Å²) in [5.74, 6) is 0.941. The number of fused-ring (bicyclic) bond motifs is 2. The summed E-state index contributed by atoms with van der Waals surface area (Å²) >= 11 is 0. The van der Waals surface area contributed by atoms with Crippen LogP contribution in [0.3, 0.4) is 0 Å². The van der Waals surface area contributed by atoms with Gasteiger partial charge in [-0.25, -0.2) is 0 Å². The lowest BCUT2D eigenvalue weighted by atomic mass is 9.69. The maximum atomic E-state index is 12.5. The average Bonchev–Trinajstić information content (AvgIpc) is 3.47. The fourth-order valence-corrected chi connectivity index (χ4v) is 8.25. The first-order valence-corrected chi connectivity index (χ1v) is 17.8. The van der Waals surface area contributed by atoms with E-state index in [0.29, 0.717) is 31.1 Å². The van der Waals surface area contributed by atoms with Crippen molar-refractivity contribution in [3.05, 3.63) is 119 Å². The van der Waals surface area contributed by atoms with E-state index in [2.05, 4.69) is 94.0 Å². The second-order valence-electron chi connectivity index (χ2n) is 13.9. The number of hydrogen-bond donors (Lipinski definition) is 2. The molecule has 3 atom stereocenters. The van der Waals surface area contributed by atoms with E-state index in [-0.39, 0.29) is 17.7 Å². The van der Waals surface area contributed by atoms with Gasteiger partial charge >= 0.3 is 0 Å². The largest absolute Gasteiger partial charge is 0.508 e. The first kappa shape index (κ1) is 32.1. The van der Waals surface area contributed by atoms with E-state index in [9.17, 15) is 14.7 Å². The minimum Gasteiger partial charge on any atom is -0.508 e. The van der Waals surface area contributed by atoms with Crippen molar-refractivity contribution in [3.8, 4) is 11.5 Å². The van der Waals surface area contributed by atoms with E-state index in [0.717, 1.165) is 73.6 Å². The van der Waals surface area contributed by atoms with Crippen LogP contribution in [0.4, 0.5) is 5.69 Å². The molecule has 0 bridgehead atoms. The van der Waals surface area contributed by atoms with Crippen LogP contribution in [0.25, 0.3) is 10.9 Å². The van der Waals surface area contributed by atoms with Crippen molar-refractivity contribution in [2.75, 3.05) is 44.2 Å². The highest BCUT2D eigenvalue weighted by molar-refractivity contribution is 6.02. The third-order valence-electron chi connectivity index (χ3n) is 10.9. The number of aromatic nitrogens is 2. The lowest BCUT2D eigenvalue weighted by molar-refractivity contribution is -0.134. The highest BCUT2D eigenvalue weighted by Gasteiger charge is 2.33. The maximum Gasteiger partial charge on any atom is 0.235 e. The van der Waals surface area contributed by atoms with Crippen LogP contribution in [-0.4, -0.2) is 70.9 Å². The molecule has 1 unspecified atom stereocenters. The lowest BCUT2D eigenvalue weighted by Gasteiger charge is -2.36. The molecule has 256 valence electrons. The van der Waals surface area contributed by atoms with Crippen molar-refractivity contribution >= 4 is 28.4 Å². The molecule has 1 aromatic heterocycles. The smallest absolute Gasteiger partial charge is 0.235 e. The van der Waals surface area contributed by atoms with Gasteiger partial charge in [-0.3, -0.25) is 24.5 Å². The minimum absolute atomic E-state index is 0.212. The van der Waals surface area contributed by atoms with E-state index < -0.39 is 5.92 Å². The topological polar surface area (TPSA) is 99.9 Å². The summed E-state index contributed by atoms with van der Waals surface area (Å²) in [5.41, 5.74) is 8.05. The normalized spacial score (nSPS) is 21.2. The summed E-state index contributed by atoms with van der Waals surface area (Å²) in [6.45, 7) is 5.22. The number of benzene rings is 4. The Bertz CT molecular complexity index is 2020. The predicted molar refractivity (Wildman–Crippen MR) is 194 cm³/mol. The van der Waals surface area contributed by atoms with E-state index in [1.165, 1.54) is 22.3 Å². The standard InChI is InChI=1S/C41H43N5O4/c1-44-37-26-30(10-15-35(37)40(43-44)36-17-18-38(48)42-41(36)49)46-21-19-45(20-22-46)23-24-50-32-12-7-28(8-13-32)39-33(27-5-3-2-4-6-27)14-9-29-25-31(47)11-16-34(29)39/h2-8,10-13,15-16,25-26,33,36,39,47H,9,14,17-24H2,1H3,(H,42,48,49)/t33-,36?,39+/m1/s1. The van der Waals surface area contributed by atoms with Crippen molar-refractivity contribution in [3.63, 3.8) is 0 Å². The fraction of sp³-hybridized carbons (Fsp3) is 0.341.